The van der Waals surface area contributed by atoms with Crippen LogP contribution in [0.25, 0.3) is 0 Å². The second kappa shape index (κ2) is 7.05. The van der Waals surface area contributed by atoms with Crippen LogP contribution >= 0.6 is 15.9 Å². The Morgan fingerprint density at radius 2 is 2.05 bits per heavy atom. The molecule has 1 aromatic carbocycles. The predicted molar refractivity (Wildman–Crippen MR) is 81.4 cm³/mol. The van der Waals surface area contributed by atoms with E-state index in [1.54, 1.807) is 19.2 Å². The topological polar surface area (TPSA) is 51.2 Å². The van der Waals surface area contributed by atoms with Gasteiger partial charge in [-0.05, 0) is 47.1 Å². The largest absolute Gasteiger partial charge is 0.464 e. The van der Waals surface area contributed by atoms with Crippen molar-refractivity contribution >= 4 is 27.6 Å². The van der Waals surface area contributed by atoms with Crippen LogP contribution in [0.15, 0.2) is 53.1 Å². The van der Waals surface area contributed by atoms with E-state index in [0.29, 0.717) is 12.3 Å². The van der Waals surface area contributed by atoms with E-state index in [0.717, 1.165) is 10.2 Å². The maximum atomic E-state index is 12.1. The highest BCUT2D eigenvalue weighted by Crippen LogP contribution is 2.20. The van der Waals surface area contributed by atoms with Crippen molar-refractivity contribution in [2.45, 2.75) is 13.0 Å². The lowest BCUT2D eigenvalue weighted by Crippen LogP contribution is -2.24. The maximum Gasteiger partial charge on any atom is 0.334 e. The van der Waals surface area contributed by atoms with Gasteiger partial charge in [0.2, 0.25) is 0 Å². The van der Waals surface area contributed by atoms with E-state index in [2.05, 4.69) is 26.2 Å². The Kier molecular flexibility index (Phi) is 5.12. The van der Waals surface area contributed by atoms with Crippen molar-refractivity contribution < 1.29 is 9.53 Å². The summed E-state index contributed by atoms with van der Waals surface area (Å²) >= 11 is 3.33. The summed E-state index contributed by atoms with van der Waals surface area (Å²) in [5.74, 6) is -0.342. The molecule has 0 aliphatic heterocycles. The predicted octanol–water partition coefficient (Wildman–Crippen LogP) is 3.56. The smallest absolute Gasteiger partial charge is 0.334 e. The number of aromatic nitrogens is 1. The van der Waals surface area contributed by atoms with Crippen LogP contribution in [0.5, 0.6) is 0 Å². The number of anilines is 1. The Bertz CT molecular complexity index is 558. The lowest BCUT2D eigenvalue weighted by molar-refractivity contribution is -0.144. The van der Waals surface area contributed by atoms with Crippen molar-refractivity contribution in [3.63, 3.8) is 0 Å². The molecular formula is C15H15BrN2O2. The van der Waals surface area contributed by atoms with Gasteiger partial charge in [-0.15, -0.1) is 0 Å². The lowest BCUT2D eigenvalue weighted by Gasteiger charge is -2.18. The van der Waals surface area contributed by atoms with Crippen molar-refractivity contribution in [3.05, 3.63) is 58.8 Å². The lowest BCUT2D eigenvalue weighted by atomic mass is 10.1. The Balaban J connectivity index is 2.25. The highest BCUT2D eigenvalue weighted by Gasteiger charge is 2.23. The molecule has 2 rings (SSSR count). The zero-order valence-electron chi connectivity index (χ0n) is 11.0. The van der Waals surface area contributed by atoms with Gasteiger partial charge in [0.1, 0.15) is 0 Å². The Labute approximate surface area is 126 Å². The molecule has 5 heteroatoms. The molecule has 4 nitrogen and oxygen atoms in total. The molecule has 1 N–H and O–H groups in total. The van der Waals surface area contributed by atoms with Crippen molar-refractivity contribution in [3.8, 4) is 0 Å². The van der Waals surface area contributed by atoms with Crippen molar-refractivity contribution in [2.75, 3.05) is 11.9 Å². The molecule has 1 heterocycles. The molecule has 0 saturated carbocycles. The number of ether oxygens (including phenoxy) is 1. The molecule has 1 unspecified atom stereocenters. The Morgan fingerprint density at radius 3 is 2.65 bits per heavy atom. The first-order chi connectivity index (χ1) is 9.70. The van der Waals surface area contributed by atoms with E-state index in [4.69, 9.17) is 4.74 Å². The third kappa shape index (κ3) is 3.81. The third-order valence-electron chi connectivity index (χ3n) is 2.65. The summed E-state index contributed by atoms with van der Waals surface area (Å²) in [7, 11) is 0. The van der Waals surface area contributed by atoms with Gasteiger partial charge in [-0.25, -0.2) is 4.79 Å². The van der Waals surface area contributed by atoms with Crippen LogP contribution in [0.1, 0.15) is 18.7 Å². The zero-order chi connectivity index (χ0) is 14.4. The minimum absolute atomic E-state index is 0.336. The number of carbonyl (C=O) groups is 1. The monoisotopic (exact) mass is 334 g/mol. The number of esters is 1. The second-order valence-corrected chi connectivity index (χ2v) is 5.01. The summed E-state index contributed by atoms with van der Waals surface area (Å²) in [6.07, 6.45) is 1.66. The number of nitrogens with one attached hydrogen (secondary N) is 1. The molecular weight excluding hydrogens is 320 g/mol. The van der Waals surface area contributed by atoms with Crippen LogP contribution in [0.4, 0.5) is 5.69 Å². The first kappa shape index (κ1) is 14.5. The minimum Gasteiger partial charge on any atom is -0.464 e. The maximum absolute atomic E-state index is 12.1. The van der Waals surface area contributed by atoms with E-state index in [1.807, 2.05) is 36.4 Å². The number of rotatable bonds is 5. The van der Waals surface area contributed by atoms with Crippen LogP contribution in [0, 0.1) is 0 Å². The van der Waals surface area contributed by atoms with E-state index in [1.165, 1.54) is 0 Å². The molecule has 20 heavy (non-hydrogen) atoms. The number of hydrogen-bond donors (Lipinski definition) is 1. The van der Waals surface area contributed by atoms with Crippen LogP contribution < -0.4 is 5.32 Å². The van der Waals surface area contributed by atoms with Crippen LogP contribution in [-0.2, 0) is 9.53 Å². The van der Waals surface area contributed by atoms with Gasteiger partial charge in [0.15, 0.2) is 6.04 Å². The van der Waals surface area contributed by atoms with Crippen LogP contribution in [0.3, 0.4) is 0 Å². The number of carbonyl (C=O) groups excluding carboxylic acids is 1. The summed E-state index contributed by atoms with van der Waals surface area (Å²) in [6.45, 7) is 2.12. The fourth-order valence-electron chi connectivity index (χ4n) is 1.74. The highest BCUT2D eigenvalue weighted by molar-refractivity contribution is 9.10. The fourth-order valence-corrected chi connectivity index (χ4v) is 1.97. The van der Waals surface area contributed by atoms with Crippen molar-refractivity contribution in [1.82, 2.24) is 4.98 Å². The quantitative estimate of drug-likeness (QED) is 0.849. The normalized spacial score (nSPS) is 11.7. The molecule has 0 aliphatic carbocycles. The summed E-state index contributed by atoms with van der Waals surface area (Å²) < 4.78 is 5.97. The van der Waals surface area contributed by atoms with Gasteiger partial charge in [-0.2, -0.15) is 0 Å². The molecule has 1 aromatic heterocycles. The zero-order valence-corrected chi connectivity index (χ0v) is 12.6. The molecule has 2 aromatic rings. The van der Waals surface area contributed by atoms with Crippen LogP contribution in [0.2, 0.25) is 0 Å². The summed E-state index contributed by atoms with van der Waals surface area (Å²) in [5, 5.41) is 3.15. The molecule has 0 radical (unpaired) electrons. The van der Waals surface area contributed by atoms with Crippen molar-refractivity contribution in [1.29, 1.82) is 0 Å². The molecule has 0 fully saturated rings. The average Bonchev–Trinajstić information content (AvgIpc) is 2.47. The van der Waals surface area contributed by atoms with Gasteiger partial charge in [0, 0.05) is 16.4 Å². The number of para-hydroxylation sites is 1. The Morgan fingerprint density at radius 1 is 1.30 bits per heavy atom. The number of pyridine rings is 1. The fraction of sp³-hybridized carbons (Fsp3) is 0.200. The molecule has 0 aliphatic rings. The van der Waals surface area contributed by atoms with E-state index < -0.39 is 6.04 Å². The van der Waals surface area contributed by atoms with Gasteiger partial charge >= 0.3 is 5.97 Å². The van der Waals surface area contributed by atoms with Gasteiger partial charge < -0.3 is 10.1 Å². The minimum atomic E-state index is -0.620. The first-order valence-corrected chi connectivity index (χ1v) is 7.09. The van der Waals surface area contributed by atoms with Crippen molar-refractivity contribution in [2.24, 2.45) is 0 Å². The summed E-state index contributed by atoms with van der Waals surface area (Å²) in [4.78, 5) is 16.4. The highest BCUT2D eigenvalue weighted by atomic mass is 79.9. The molecule has 0 spiro atoms. The SMILES string of the molecule is CCOC(=O)C(Nc1ccccc1)c1ccc(Br)cn1. The summed E-state index contributed by atoms with van der Waals surface area (Å²) in [6, 6.07) is 12.5. The summed E-state index contributed by atoms with van der Waals surface area (Å²) in [5.41, 5.74) is 1.46. The van der Waals surface area contributed by atoms with Gasteiger partial charge in [-0.3, -0.25) is 4.98 Å². The van der Waals surface area contributed by atoms with Gasteiger partial charge in [0.05, 0.1) is 12.3 Å². The third-order valence-corrected chi connectivity index (χ3v) is 3.12. The van der Waals surface area contributed by atoms with Crippen LogP contribution in [-0.4, -0.2) is 17.6 Å². The number of benzene rings is 1. The molecule has 104 valence electrons. The molecule has 0 bridgehead atoms. The van der Waals surface area contributed by atoms with E-state index in [9.17, 15) is 4.79 Å². The standard InChI is InChI=1S/C15H15BrN2O2/c1-2-20-15(19)14(13-9-8-11(16)10-17-13)18-12-6-4-3-5-7-12/h3-10,14,18H,2H2,1H3. The average molecular weight is 335 g/mol. The Hall–Kier alpha value is -1.88. The van der Waals surface area contributed by atoms with E-state index in [-0.39, 0.29) is 5.97 Å². The second-order valence-electron chi connectivity index (χ2n) is 4.10. The van der Waals surface area contributed by atoms with E-state index >= 15 is 0 Å². The molecule has 0 saturated heterocycles. The molecule has 0 amide bonds. The van der Waals surface area contributed by atoms with Gasteiger partial charge in [0.25, 0.3) is 0 Å². The number of halogens is 1. The number of nitrogens with zero attached hydrogens (tertiary/aromatic N) is 1. The molecule has 1 atom stereocenters. The number of hydrogen-bond acceptors (Lipinski definition) is 4. The van der Waals surface area contributed by atoms with Gasteiger partial charge in [-0.1, -0.05) is 18.2 Å². The first-order valence-electron chi connectivity index (χ1n) is 6.30.